The van der Waals surface area contributed by atoms with Crippen LogP contribution in [0.3, 0.4) is 0 Å². The molecule has 1 aromatic rings. The molecule has 4 heteroatoms. The molecule has 1 aliphatic rings. The van der Waals surface area contributed by atoms with Crippen LogP contribution in [0, 0.1) is 5.92 Å². The molecular weight excluding hydrogens is 231 g/mol. The average molecular weight is 245 g/mol. The topological polar surface area (TPSA) is 25.8 Å². The molecular formula is C11H14Cl2N2. The highest BCUT2D eigenvalue weighted by Gasteiger charge is 2.15. The van der Waals surface area contributed by atoms with Crippen molar-refractivity contribution < 1.29 is 0 Å². The molecule has 0 N–H and O–H groups in total. The Morgan fingerprint density at radius 2 is 1.67 bits per heavy atom. The number of rotatable bonds is 2. The lowest BCUT2D eigenvalue weighted by Crippen LogP contribution is -2.11. The van der Waals surface area contributed by atoms with Crippen LogP contribution in [-0.4, -0.2) is 9.97 Å². The van der Waals surface area contributed by atoms with Crippen molar-refractivity contribution >= 4 is 23.2 Å². The second-order valence-electron chi connectivity index (χ2n) is 4.14. The first kappa shape index (κ1) is 11.2. The third-order valence-corrected chi connectivity index (χ3v) is 3.29. The zero-order valence-electron chi connectivity index (χ0n) is 8.55. The van der Waals surface area contributed by atoms with Gasteiger partial charge >= 0.3 is 0 Å². The summed E-state index contributed by atoms with van der Waals surface area (Å²) in [4.78, 5) is 8.40. The highest BCUT2D eigenvalue weighted by Crippen LogP contribution is 2.26. The zero-order chi connectivity index (χ0) is 10.7. The Bertz CT molecular complexity index is 315. The number of nitrogens with zero attached hydrogens (tertiary/aromatic N) is 2. The maximum absolute atomic E-state index is 5.83. The van der Waals surface area contributed by atoms with Crippen molar-refractivity contribution in [3.05, 3.63) is 22.2 Å². The maximum Gasteiger partial charge on any atom is 0.134 e. The van der Waals surface area contributed by atoms with Crippen molar-refractivity contribution in [2.24, 2.45) is 5.92 Å². The smallest absolute Gasteiger partial charge is 0.134 e. The second kappa shape index (κ2) is 5.13. The standard InChI is InChI=1S/C11H14Cl2N2/c12-9-7-10(13)15-11(14-9)6-8-4-2-1-3-5-8/h7-8H,1-6H2. The summed E-state index contributed by atoms with van der Waals surface area (Å²) in [6.07, 6.45) is 7.52. The van der Waals surface area contributed by atoms with Gasteiger partial charge in [0.05, 0.1) is 0 Å². The van der Waals surface area contributed by atoms with Gasteiger partial charge in [0.25, 0.3) is 0 Å². The predicted octanol–water partition coefficient (Wildman–Crippen LogP) is 3.91. The maximum atomic E-state index is 5.83. The lowest BCUT2D eigenvalue weighted by atomic mass is 9.87. The molecule has 0 unspecified atom stereocenters. The van der Waals surface area contributed by atoms with Crippen LogP contribution in [-0.2, 0) is 6.42 Å². The van der Waals surface area contributed by atoms with Crippen LogP contribution < -0.4 is 0 Å². The van der Waals surface area contributed by atoms with Gasteiger partial charge in [-0.2, -0.15) is 0 Å². The van der Waals surface area contributed by atoms with Crippen LogP contribution in [0.25, 0.3) is 0 Å². The SMILES string of the molecule is Clc1cc(Cl)nc(CC2CCCCC2)n1. The minimum atomic E-state index is 0.445. The fourth-order valence-corrected chi connectivity index (χ4v) is 2.63. The quantitative estimate of drug-likeness (QED) is 0.738. The van der Waals surface area contributed by atoms with E-state index in [0.29, 0.717) is 16.2 Å². The van der Waals surface area contributed by atoms with Crippen molar-refractivity contribution in [2.75, 3.05) is 0 Å². The van der Waals surface area contributed by atoms with E-state index in [1.807, 2.05) is 0 Å². The molecule has 1 aliphatic carbocycles. The summed E-state index contributed by atoms with van der Waals surface area (Å²) in [5, 5.41) is 0.890. The van der Waals surface area contributed by atoms with Crippen LogP contribution in [0.4, 0.5) is 0 Å². The molecule has 1 heterocycles. The summed E-state index contributed by atoms with van der Waals surface area (Å²) in [5.41, 5.74) is 0. The van der Waals surface area contributed by atoms with Gasteiger partial charge in [-0.3, -0.25) is 0 Å². The zero-order valence-corrected chi connectivity index (χ0v) is 10.1. The molecule has 0 aliphatic heterocycles. The van der Waals surface area contributed by atoms with Crippen LogP contribution in [0.2, 0.25) is 10.3 Å². The Kier molecular flexibility index (Phi) is 3.81. The lowest BCUT2D eigenvalue weighted by Gasteiger charge is -2.20. The molecule has 0 atom stereocenters. The summed E-state index contributed by atoms with van der Waals surface area (Å²) >= 11 is 11.7. The largest absolute Gasteiger partial charge is 0.221 e. The Morgan fingerprint density at radius 1 is 1.07 bits per heavy atom. The van der Waals surface area contributed by atoms with E-state index in [4.69, 9.17) is 23.2 Å². The third kappa shape index (κ3) is 3.32. The van der Waals surface area contributed by atoms with E-state index in [1.54, 1.807) is 6.07 Å². The predicted molar refractivity (Wildman–Crippen MR) is 62.3 cm³/mol. The van der Waals surface area contributed by atoms with Gasteiger partial charge in [-0.1, -0.05) is 55.3 Å². The van der Waals surface area contributed by atoms with Crippen molar-refractivity contribution in [1.82, 2.24) is 9.97 Å². The van der Waals surface area contributed by atoms with Crippen LogP contribution in [0.5, 0.6) is 0 Å². The molecule has 82 valence electrons. The van der Waals surface area contributed by atoms with Gasteiger partial charge in [-0.05, 0) is 5.92 Å². The van der Waals surface area contributed by atoms with Gasteiger partial charge in [0.2, 0.25) is 0 Å². The van der Waals surface area contributed by atoms with E-state index >= 15 is 0 Å². The van der Waals surface area contributed by atoms with Crippen molar-refractivity contribution in [3.63, 3.8) is 0 Å². The second-order valence-corrected chi connectivity index (χ2v) is 4.91. The van der Waals surface area contributed by atoms with E-state index in [2.05, 4.69) is 9.97 Å². The van der Waals surface area contributed by atoms with Gasteiger partial charge < -0.3 is 0 Å². The van der Waals surface area contributed by atoms with Gasteiger partial charge in [-0.25, -0.2) is 9.97 Å². The number of hydrogen-bond acceptors (Lipinski definition) is 2. The molecule has 2 rings (SSSR count). The van der Waals surface area contributed by atoms with Crippen LogP contribution in [0.1, 0.15) is 37.9 Å². The fraction of sp³-hybridized carbons (Fsp3) is 0.636. The van der Waals surface area contributed by atoms with E-state index in [9.17, 15) is 0 Å². The summed E-state index contributed by atoms with van der Waals surface area (Å²) < 4.78 is 0. The Balaban J connectivity index is 2.02. The average Bonchev–Trinajstić information content (AvgIpc) is 2.17. The number of aromatic nitrogens is 2. The van der Waals surface area contributed by atoms with Crippen molar-refractivity contribution in [2.45, 2.75) is 38.5 Å². The molecule has 2 nitrogen and oxygen atoms in total. The highest BCUT2D eigenvalue weighted by atomic mass is 35.5. The Hall–Kier alpha value is -0.340. The summed E-state index contributed by atoms with van der Waals surface area (Å²) in [6.45, 7) is 0. The number of halogens is 2. The normalized spacial score (nSPS) is 18.0. The molecule has 0 radical (unpaired) electrons. The summed E-state index contributed by atoms with van der Waals surface area (Å²) in [5.74, 6) is 1.51. The van der Waals surface area contributed by atoms with Gasteiger partial charge in [0.15, 0.2) is 0 Å². The molecule has 0 spiro atoms. The van der Waals surface area contributed by atoms with Crippen LogP contribution in [0.15, 0.2) is 6.07 Å². The van der Waals surface area contributed by atoms with Gasteiger partial charge in [0.1, 0.15) is 16.1 Å². The number of hydrogen-bond donors (Lipinski definition) is 0. The Labute approximate surface area is 100 Å². The Morgan fingerprint density at radius 3 is 2.27 bits per heavy atom. The molecule has 0 aromatic carbocycles. The molecule has 0 saturated heterocycles. The van der Waals surface area contributed by atoms with Crippen molar-refractivity contribution in [1.29, 1.82) is 0 Å². The molecule has 15 heavy (non-hydrogen) atoms. The first-order valence-corrected chi connectivity index (χ1v) is 6.18. The molecule has 0 bridgehead atoms. The third-order valence-electron chi connectivity index (χ3n) is 2.91. The van der Waals surface area contributed by atoms with Crippen molar-refractivity contribution in [3.8, 4) is 0 Å². The highest BCUT2D eigenvalue weighted by molar-refractivity contribution is 6.33. The molecule has 1 aromatic heterocycles. The molecule has 0 amide bonds. The van der Waals surface area contributed by atoms with E-state index < -0.39 is 0 Å². The van der Waals surface area contributed by atoms with Gasteiger partial charge in [0, 0.05) is 12.5 Å². The monoisotopic (exact) mass is 244 g/mol. The van der Waals surface area contributed by atoms with Crippen LogP contribution >= 0.6 is 23.2 Å². The van der Waals surface area contributed by atoms with E-state index in [-0.39, 0.29) is 0 Å². The lowest BCUT2D eigenvalue weighted by molar-refractivity contribution is 0.351. The molecule has 1 saturated carbocycles. The molecule has 1 fully saturated rings. The van der Waals surface area contributed by atoms with E-state index in [1.165, 1.54) is 32.1 Å². The fourth-order valence-electron chi connectivity index (χ4n) is 2.18. The van der Waals surface area contributed by atoms with E-state index in [0.717, 1.165) is 12.2 Å². The minimum absolute atomic E-state index is 0.445. The summed E-state index contributed by atoms with van der Waals surface area (Å²) in [6, 6.07) is 1.58. The first-order chi connectivity index (χ1) is 7.24. The first-order valence-electron chi connectivity index (χ1n) is 5.43. The van der Waals surface area contributed by atoms with Gasteiger partial charge in [-0.15, -0.1) is 0 Å². The minimum Gasteiger partial charge on any atom is -0.221 e. The summed E-state index contributed by atoms with van der Waals surface area (Å²) in [7, 11) is 0.